The molecule has 0 aliphatic heterocycles. The van der Waals surface area contributed by atoms with Gasteiger partial charge in [-0.25, -0.2) is 13.2 Å². The van der Waals surface area contributed by atoms with Crippen LogP contribution in [0, 0.1) is 29.4 Å². The van der Waals surface area contributed by atoms with E-state index in [9.17, 15) is 13.2 Å². The quantitative estimate of drug-likeness (QED) is 0.518. The van der Waals surface area contributed by atoms with Crippen LogP contribution in [0.25, 0.3) is 11.4 Å². The van der Waals surface area contributed by atoms with Crippen molar-refractivity contribution in [3.05, 3.63) is 45.5 Å². The zero-order valence-corrected chi connectivity index (χ0v) is 18.9. The van der Waals surface area contributed by atoms with Crippen molar-refractivity contribution in [3.63, 3.8) is 0 Å². The summed E-state index contributed by atoms with van der Waals surface area (Å²) in [6.07, 6.45) is 13.8. The minimum atomic E-state index is -1.07. The van der Waals surface area contributed by atoms with Gasteiger partial charge in [-0.15, -0.1) is 0 Å². The smallest absolute Gasteiger partial charge is 0.175 e. The SMILES string of the molecule is CCCC1CCC(C2CCC(=c3cc4c(c(F)c3F)=C(F)C(OCC)=CC4)CC2)CC1. The van der Waals surface area contributed by atoms with Crippen LogP contribution < -0.4 is 10.4 Å². The highest BCUT2D eigenvalue weighted by Crippen LogP contribution is 2.42. The van der Waals surface area contributed by atoms with E-state index in [0.29, 0.717) is 23.1 Å². The first kappa shape index (κ1) is 22.5. The van der Waals surface area contributed by atoms with Crippen LogP contribution in [0.4, 0.5) is 13.2 Å². The maximum absolute atomic E-state index is 15.0. The summed E-state index contributed by atoms with van der Waals surface area (Å²) in [7, 11) is 0. The van der Waals surface area contributed by atoms with Gasteiger partial charge in [0.25, 0.3) is 0 Å². The lowest BCUT2D eigenvalue weighted by molar-refractivity contribution is 0.178. The molecule has 1 aromatic carbocycles. The predicted octanol–water partition coefficient (Wildman–Crippen LogP) is 6.47. The number of ether oxygens (including phenoxy) is 1. The van der Waals surface area contributed by atoms with Gasteiger partial charge in [0.05, 0.1) is 11.8 Å². The summed E-state index contributed by atoms with van der Waals surface area (Å²) in [5, 5.41) is 0.104. The molecule has 4 heteroatoms. The molecule has 3 aliphatic rings. The number of benzene rings is 1. The standard InChI is InChI=1S/C27H35F3O/c1-3-5-17-6-8-18(9-7-17)19-10-12-20(13-11-19)22-16-21-14-15-23(31-4-2)26(29)24(21)27(30)25(22)28/h15-19H,3-14H2,1-2H3. The zero-order chi connectivity index (χ0) is 22.0. The molecular formula is C27H35F3O. The Morgan fingerprint density at radius 2 is 1.58 bits per heavy atom. The second kappa shape index (κ2) is 9.83. The highest BCUT2D eigenvalue weighted by atomic mass is 19.2. The first-order valence-electron chi connectivity index (χ1n) is 12.2. The van der Waals surface area contributed by atoms with Crippen LogP contribution in [-0.4, -0.2) is 6.61 Å². The average Bonchev–Trinajstić information content (AvgIpc) is 2.79. The van der Waals surface area contributed by atoms with Crippen molar-refractivity contribution in [2.24, 2.45) is 17.8 Å². The minimum absolute atomic E-state index is 0.0165. The summed E-state index contributed by atoms with van der Waals surface area (Å²) in [5.41, 5.74) is 1.51. The van der Waals surface area contributed by atoms with Crippen molar-refractivity contribution in [3.8, 4) is 0 Å². The van der Waals surface area contributed by atoms with Crippen molar-refractivity contribution in [2.45, 2.75) is 84.5 Å². The van der Waals surface area contributed by atoms with Crippen LogP contribution in [0.1, 0.15) is 83.6 Å². The van der Waals surface area contributed by atoms with Crippen LogP contribution in [-0.2, 0) is 11.2 Å². The number of rotatable bonds is 5. The lowest BCUT2D eigenvalue weighted by atomic mass is 9.69. The lowest BCUT2D eigenvalue weighted by Crippen LogP contribution is -2.30. The molecule has 0 radical (unpaired) electrons. The topological polar surface area (TPSA) is 9.23 Å². The largest absolute Gasteiger partial charge is 0.491 e. The van der Waals surface area contributed by atoms with E-state index in [-0.39, 0.29) is 17.6 Å². The van der Waals surface area contributed by atoms with Gasteiger partial charge in [-0.1, -0.05) is 38.2 Å². The van der Waals surface area contributed by atoms with Gasteiger partial charge in [0.1, 0.15) is 0 Å². The molecule has 0 amide bonds. The summed E-state index contributed by atoms with van der Waals surface area (Å²) in [5.74, 6) is -0.334. The van der Waals surface area contributed by atoms with E-state index in [2.05, 4.69) is 6.92 Å². The molecule has 1 aromatic rings. The lowest BCUT2D eigenvalue weighted by Gasteiger charge is -2.36. The molecule has 170 valence electrons. The Bertz CT molecular complexity index is 944. The summed E-state index contributed by atoms with van der Waals surface area (Å²) >= 11 is 0. The van der Waals surface area contributed by atoms with Gasteiger partial charge in [0, 0.05) is 5.22 Å². The third-order valence-corrected chi connectivity index (χ3v) is 7.80. The second-order valence-corrected chi connectivity index (χ2v) is 9.62. The van der Waals surface area contributed by atoms with Crippen LogP contribution in [0.5, 0.6) is 0 Å². The first-order chi connectivity index (χ1) is 15.0. The average molecular weight is 433 g/mol. The van der Waals surface area contributed by atoms with Crippen molar-refractivity contribution in [1.82, 2.24) is 0 Å². The van der Waals surface area contributed by atoms with Gasteiger partial charge < -0.3 is 4.74 Å². The number of hydrogen-bond acceptors (Lipinski definition) is 1. The zero-order valence-electron chi connectivity index (χ0n) is 18.9. The first-order valence-corrected chi connectivity index (χ1v) is 12.2. The molecule has 0 saturated heterocycles. The Hall–Kier alpha value is -1.71. The fourth-order valence-corrected chi connectivity index (χ4v) is 6.11. The Morgan fingerprint density at radius 3 is 2.23 bits per heavy atom. The van der Waals surface area contributed by atoms with E-state index >= 15 is 0 Å². The predicted molar refractivity (Wildman–Crippen MR) is 119 cm³/mol. The van der Waals surface area contributed by atoms with E-state index in [1.807, 2.05) is 0 Å². The van der Waals surface area contributed by atoms with Crippen molar-refractivity contribution >= 4 is 11.4 Å². The number of fused-ring (bicyclic) bond motifs is 1. The molecule has 0 heterocycles. The van der Waals surface area contributed by atoms with Gasteiger partial charge in [0.15, 0.2) is 23.2 Å². The van der Waals surface area contributed by atoms with Crippen LogP contribution in [0.2, 0.25) is 0 Å². The van der Waals surface area contributed by atoms with Gasteiger partial charge in [-0.3, -0.25) is 0 Å². The van der Waals surface area contributed by atoms with E-state index < -0.39 is 17.5 Å². The van der Waals surface area contributed by atoms with E-state index in [0.717, 1.165) is 43.1 Å². The van der Waals surface area contributed by atoms with E-state index in [4.69, 9.17) is 4.74 Å². The van der Waals surface area contributed by atoms with Gasteiger partial charge in [0.2, 0.25) is 0 Å². The van der Waals surface area contributed by atoms with Gasteiger partial charge in [-0.05, 0) is 87.3 Å². The summed E-state index contributed by atoms with van der Waals surface area (Å²) in [6.45, 7) is 4.30. The third kappa shape index (κ3) is 4.59. The second-order valence-electron chi connectivity index (χ2n) is 9.62. The fraction of sp³-hybridized carbons (Fsp3) is 0.630. The molecule has 0 spiro atoms. The number of halogens is 3. The van der Waals surface area contributed by atoms with Gasteiger partial charge in [-0.2, -0.15) is 0 Å². The molecular weight excluding hydrogens is 397 g/mol. The molecule has 31 heavy (non-hydrogen) atoms. The molecule has 0 aromatic heterocycles. The third-order valence-electron chi connectivity index (χ3n) is 7.80. The van der Waals surface area contributed by atoms with Crippen LogP contribution >= 0.6 is 0 Å². The highest BCUT2D eigenvalue weighted by molar-refractivity contribution is 5.59. The molecule has 3 aliphatic carbocycles. The van der Waals surface area contributed by atoms with Crippen molar-refractivity contribution < 1.29 is 17.9 Å². The summed E-state index contributed by atoms with van der Waals surface area (Å²) in [6, 6.07) is 1.68. The molecule has 2 saturated carbocycles. The van der Waals surface area contributed by atoms with E-state index in [1.54, 1.807) is 19.1 Å². The summed E-state index contributed by atoms with van der Waals surface area (Å²) < 4.78 is 49.8. The summed E-state index contributed by atoms with van der Waals surface area (Å²) in [4.78, 5) is 0. The van der Waals surface area contributed by atoms with E-state index in [1.165, 1.54) is 38.5 Å². The van der Waals surface area contributed by atoms with Crippen molar-refractivity contribution in [2.75, 3.05) is 6.61 Å². The molecule has 1 nitrogen and oxygen atoms in total. The minimum Gasteiger partial charge on any atom is -0.491 e. The fourth-order valence-electron chi connectivity index (χ4n) is 6.11. The number of allylic oxidation sites excluding steroid dienone is 2. The highest BCUT2D eigenvalue weighted by Gasteiger charge is 2.30. The normalized spacial score (nSPS) is 26.5. The molecule has 4 rings (SSSR count). The van der Waals surface area contributed by atoms with Crippen molar-refractivity contribution in [1.29, 1.82) is 0 Å². The molecule has 0 atom stereocenters. The Labute approximate surface area is 184 Å². The van der Waals surface area contributed by atoms with Gasteiger partial charge >= 0.3 is 0 Å². The molecule has 0 bridgehead atoms. The Kier molecular flexibility index (Phi) is 7.13. The Morgan fingerprint density at radius 1 is 0.903 bits per heavy atom. The van der Waals surface area contributed by atoms with Crippen LogP contribution in [0.15, 0.2) is 17.9 Å². The van der Waals surface area contributed by atoms with Crippen LogP contribution in [0.3, 0.4) is 0 Å². The maximum atomic E-state index is 15.0. The number of hydrogen-bond donors (Lipinski definition) is 0. The molecule has 2 fully saturated rings. The molecule has 0 N–H and O–H groups in total. The monoisotopic (exact) mass is 432 g/mol. The molecule has 0 unspecified atom stereocenters. The Balaban J connectivity index is 1.53. The maximum Gasteiger partial charge on any atom is 0.175 e.